The fraction of sp³-hybridized carbons (Fsp3) is 0.353. The van der Waals surface area contributed by atoms with Crippen LogP contribution in [0.3, 0.4) is 0 Å². The van der Waals surface area contributed by atoms with Crippen LogP contribution >= 0.6 is 23.7 Å². The number of benzene rings is 1. The second kappa shape index (κ2) is 7.43. The van der Waals surface area contributed by atoms with E-state index in [4.69, 9.17) is 0 Å². The molecule has 0 radical (unpaired) electrons. The molecule has 0 aliphatic carbocycles. The Kier molecular flexibility index (Phi) is 5.79. The fourth-order valence-corrected chi connectivity index (χ4v) is 3.84. The molecule has 1 saturated heterocycles. The number of thiophene rings is 1. The minimum atomic E-state index is -0.249. The molecule has 3 rings (SSSR count). The van der Waals surface area contributed by atoms with E-state index < -0.39 is 0 Å². The Hall–Kier alpha value is -1.43. The fourth-order valence-electron chi connectivity index (χ4n) is 2.81. The molecular weight excluding hydrogens is 335 g/mol. The average molecular weight is 355 g/mol. The Morgan fingerprint density at radius 2 is 2.04 bits per heavy atom. The van der Waals surface area contributed by atoms with Gasteiger partial charge in [-0.1, -0.05) is 12.1 Å². The minimum absolute atomic E-state index is 0. The molecule has 1 amide bonds. The van der Waals surface area contributed by atoms with Gasteiger partial charge in [0.1, 0.15) is 5.82 Å². The van der Waals surface area contributed by atoms with Crippen molar-refractivity contribution in [3.8, 4) is 11.1 Å². The molecule has 1 aliphatic rings. The Bertz CT molecular complexity index is 680. The molecule has 0 saturated carbocycles. The van der Waals surface area contributed by atoms with Gasteiger partial charge in [0.25, 0.3) is 5.91 Å². The lowest BCUT2D eigenvalue weighted by atomic mass is 10.1. The molecule has 2 aromatic rings. The zero-order valence-corrected chi connectivity index (χ0v) is 14.8. The highest BCUT2D eigenvalue weighted by molar-refractivity contribution is 7.14. The zero-order valence-electron chi connectivity index (χ0n) is 13.1. The van der Waals surface area contributed by atoms with Crippen LogP contribution in [-0.2, 0) is 0 Å². The largest absolute Gasteiger partial charge is 0.337 e. The van der Waals surface area contributed by atoms with Crippen LogP contribution in [0.25, 0.3) is 11.1 Å². The van der Waals surface area contributed by atoms with Crippen LogP contribution in [0, 0.1) is 12.7 Å². The van der Waals surface area contributed by atoms with E-state index in [0.29, 0.717) is 0 Å². The highest BCUT2D eigenvalue weighted by atomic mass is 35.5. The van der Waals surface area contributed by atoms with Gasteiger partial charge in [0.2, 0.25) is 0 Å². The first-order valence-corrected chi connectivity index (χ1v) is 8.22. The van der Waals surface area contributed by atoms with Gasteiger partial charge in [-0.3, -0.25) is 4.79 Å². The number of amides is 1. The van der Waals surface area contributed by atoms with Crippen LogP contribution in [0.4, 0.5) is 4.39 Å². The maximum Gasteiger partial charge on any atom is 0.263 e. The maximum atomic E-state index is 13.1. The molecule has 0 bridgehead atoms. The Balaban J connectivity index is 0.00000192. The number of hydrogen-bond donors (Lipinski definition) is 1. The first-order chi connectivity index (χ1) is 10.6. The van der Waals surface area contributed by atoms with E-state index >= 15 is 0 Å². The van der Waals surface area contributed by atoms with E-state index in [-0.39, 0.29) is 30.2 Å². The van der Waals surface area contributed by atoms with Crippen molar-refractivity contribution in [3.63, 3.8) is 0 Å². The smallest absolute Gasteiger partial charge is 0.263 e. The summed E-state index contributed by atoms with van der Waals surface area (Å²) in [4.78, 5) is 16.3. The normalized spacial score (nSPS) is 16.9. The lowest BCUT2D eigenvalue weighted by Gasteiger charge is -2.23. The summed E-state index contributed by atoms with van der Waals surface area (Å²) < 4.78 is 13.1. The minimum Gasteiger partial charge on any atom is -0.337 e. The number of carbonyl (C=O) groups is 1. The van der Waals surface area contributed by atoms with Gasteiger partial charge >= 0.3 is 0 Å². The van der Waals surface area contributed by atoms with Crippen LogP contribution in [0.2, 0.25) is 0 Å². The monoisotopic (exact) mass is 354 g/mol. The van der Waals surface area contributed by atoms with Crippen LogP contribution in [0.15, 0.2) is 30.3 Å². The third kappa shape index (κ3) is 3.74. The summed E-state index contributed by atoms with van der Waals surface area (Å²) in [5.74, 6) is -0.184. The predicted octanol–water partition coefficient (Wildman–Crippen LogP) is 3.72. The van der Waals surface area contributed by atoms with Crippen molar-refractivity contribution >= 4 is 29.7 Å². The Morgan fingerprint density at radius 1 is 1.35 bits per heavy atom. The lowest BCUT2D eigenvalue weighted by Crippen LogP contribution is -2.37. The van der Waals surface area contributed by atoms with Crippen LogP contribution in [0.1, 0.15) is 21.0 Å². The molecule has 1 atom stereocenters. The predicted molar refractivity (Wildman–Crippen MR) is 95.1 cm³/mol. The molecule has 0 spiro atoms. The molecule has 1 aromatic heterocycles. The second-order valence-corrected chi connectivity index (χ2v) is 6.91. The van der Waals surface area contributed by atoms with Gasteiger partial charge in [0.15, 0.2) is 0 Å². The van der Waals surface area contributed by atoms with Crippen molar-refractivity contribution in [2.24, 2.45) is 0 Å². The summed E-state index contributed by atoms with van der Waals surface area (Å²) >= 11 is 1.50. The third-order valence-electron chi connectivity index (χ3n) is 4.19. The number of carbonyl (C=O) groups excluding carboxylic acids is 1. The molecular formula is C17H20ClFN2OS. The number of nitrogens with zero attached hydrogens (tertiary/aromatic N) is 1. The van der Waals surface area contributed by atoms with Crippen LogP contribution in [0.5, 0.6) is 0 Å². The standard InChI is InChI=1S/C17H19FN2OS.ClH/c1-11-15(12-3-5-13(18)6-4-12)9-16(22-11)17(21)20(2)14-7-8-19-10-14;/h3-6,9,14,19H,7-8,10H2,1-2H3;1H. The number of halogens is 2. The quantitative estimate of drug-likeness (QED) is 0.911. The topological polar surface area (TPSA) is 32.3 Å². The van der Waals surface area contributed by atoms with Crippen molar-refractivity contribution in [1.29, 1.82) is 0 Å². The van der Waals surface area contributed by atoms with E-state index in [1.807, 2.05) is 24.9 Å². The number of nitrogens with one attached hydrogen (secondary N) is 1. The molecule has 2 heterocycles. The molecule has 1 fully saturated rings. The lowest BCUT2D eigenvalue weighted by molar-refractivity contribution is 0.0748. The highest BCUT2D eigenvalue weighted by Gasteiger charge is 2.25. The van der Waals surface area contributed by atoms with Gasteiger partial charge in [-0.2, -0.15) is 0 Å². The summed E-state index contributed by atoms with van der Waals surface area (Å²) in [6.45, 7) is 3.82. The summed E-state index contributed by atoms with van der Waals surface area (Å²) in [5.41, 5.74) is 1.95. The van der Waals surface area contributed by atoms with Gasteiger partial charge in [0, 0.05) is 24.5 Å². The van der Waals surface area contributed by atoms with Crippen molar-refractivity contribution in [3.05, 3.63) is 45.9 Å². The maximum absolute atomic E-state index is 13.1. The molecule has 1 N–H and O–H groups in total. The van der Waals surface area contributed by atoms with Crippen molar-refractivity contribution < 1.29 is 9.18 Å². The van der Waals surface area contributed by atoms with E-state index in [2.05, 4.69) is 5.32 Å². The summed E-state index contributed by atoms with van der Waals surface area (Å²) in [6.07, 6.45) is 0.997. The molecule has 1 aliphatic heterocycles. The van der Waals surface area contributed by atoms with E-state index in [1.54, 1.807) is 12.1 Å². The molecule has 124 valence electrons. The summed E-state index contributed by atoms with van der Waals surface area (Å²) in [6, 6.07) is 8.60. The molecule has 1 aromatic carbocycles. The molecule has 6 heteroatoms. The van der Waals surface area contributed by atoms with Crippen LogP contribution in [-0.4, -0.2) is 37.0 Å². The van der Waals surface area contributed by atoms with E-state index in [1.165, 1.54) is 23.5 Å². The first-order valence-electron chi connectivity index (χ1n) is 7.40. The summed E-state index contributed by atoms with van der Waals surface area (Å²) in [5, 5.41) is 3.28. The number of aryl methyl sites for hydroxylation is 1. The van der Waals surface area contributed by atoms with Gasteiger partial charge in [0.05, 0.1) is 4.88 Å². The zero-order chi connectivity index (χ0) is 15.7. The second-order valence-electron chi connectivity index (χ2n) is 5.65. The van der Waals surface area contributed by atoms with Crippen molar-refractivity contribution in [1.82, 2.24) is 10.2 Å². The third-order valence-corrected chi connectivity index (χ3v) is 5.22. The van der Waals surface area contributed by atoms with Gasteiger partial charge in [-0.05, 0) is 49.2 Å². The van der Waals surface area contributed by atoms with E-state index in [9.17, 15) is 9.18 Å². The van der Waals surface area contributed by atoms with Crippen LogP contribution < -0.4 is 5.32 Å². The molecule has 3 nitrogen and oxygen atoms in total. The van der Waals surface area contributed by atoms with Crippen molar-refractivity contribution in [2.75, 3.05) is 20.1 Å². The average Bonchev–Trinajstić information content (AvgIpc) is 3.16. The first kappa shape index (κ1) is 17.9. The molecule has 1 unspecified atom stereocenters. The number of rotatable bonds is 3. The van der Waals surface area contributed by atoms with Gasteiger partial charge in [-0.15, -0.1) is 23.7 Å². The number of hydrogen-bond acceptors (Lipinski definition) is 3. The molecule has 23 heavy (non-hydrogen) atoms. The SMILES string of the molecule is Cc1sc(C(=O)N(C)C2CCNC2)cc1-c1ccc(F)cc1.Cl. The van der Waals surface area contributed by atoms with Gasteiger partial charge in [-0.25, -0.2) is 4.39 Å². The Morgan fingerprint density at radius 3 is 2.65 bits per heavy atom. The number of likely N-dealkylation sites (N-methyl/N-ethyl adjacent to an activating group) is 1. The highest BCUT2D eigenvalue weighted by Crippen LogP contribution is 2.32. The van der Waals surface area contributed by atoms with Gasteiger partial charge < -0.3 is 10.2 Å². The summed E-state index contributed by atoms with van der Waals surface area (Å²) in [7, 11) is 1.87. The van der Waals surface area contributed by atoms with Crippen molar-refractivity contribution in [2.45, 2.75) is 19.4 Å². The van der Waals surface area contributed by atoms with E-state index in [0.717, 1.165) is 40.4 Å². The Labute approximate surface area is 145 Å².